The summed E-state index contributed by atoms with van der Waals surface area (Å²) in [5.41, 5.74) is 0.834. The first-order chi connectivity index (χ1) is 12.2. The van der Waals surface area contributed by atoms with Gasteiger partial charge in [-0.25, -0.2) is 4.79 Å². The third kappa shape index (κ3) is 5.27. The summed E-state index contributed by atoms with van der Waals surface area (Å²) in [7, 11) is 0. The zero-order valence-corrected chi connectivity index (χ0v) is 14.4. The van der Waals surface area contributed by atoms with Gasteiger partial charge in [-0.1, -0.05) is 25.5 Å². The van der Waals surface area contributed by atoms with Crippen LogP contribution in [0.5, 0.6) is 0 Å². The summed E-state index contributed by atoms with van der Waals surface area (Å²) >= 11 is 0. The van der Waals surface area contributed by atoms with Crippen LogP contribution in [0.15, 0.2) is 36.4 Å². The van der Waals surface area contributed by atoms with Crippen molar-refractivity contribution in [3.8, 4) is 0 Å². The van der Waals surface area contributed by atoms with Crippen molar-refractivity contribution in [3.63, 3.8) is 0 Å². The predicted molar refractivity (Wildman–Crippen MR) is 95.8 cm³/mol. The smallest absolute Gasteiger partial charge is 0.340 e. The van der Waals surface area contributed by atoms with Gasteiger partial charge in [0.15, 0.2) is 5.69 Å². The monoisotopic (exact) mass is 342 g/mol. The summed E-state index contributed by atoms with van der Waals surface area (Å²) in [5, 5.41) is 13.7. The van der Waals surface area contributed by atoms with Gasteiger partial charge in [-0.2, -0.15) is 0 Å². The number of carbonyl (C=O) groups is 2. The predicted octanol–water partition coefficient (Wildman–Crippen LogP) is 3.12. The molecule has 2 aromatic rings. The fourth-order valence-corrected chi connectivity index (χ4v) is 2.11. The van der Waals surface area contributed by atoms with Gasteiger partial charge in [-0.3, -0.25) is 4.79 Å². The number of hydrogen-bond donors (Lipinski definition) is 2. The molecule has 1 aromatic carbocycles. The maximum Gasteiger partial charge on any atom is 0.340 e. The first-order valence-corrected chi connectivity index (χ1v) is 8.30. The van der Waals surface area contributed by atoms with Crippen LogP contribution in [0.25, 0.3) is 0 Å². The molecule has 132 valence electrons. The normalized spacial score (nSPS) is 10.2. The quantitative estimate of drug-likeness (QED) is 0.565. The molecule has 25 heavy (non-hydrogen) atoms. The van der Waals surface area contributed by atoms with Crippen LogP contribution in [0.2, 0.25) is 0 Å². The van der Waals surface area contributed by atoms with E-state index in [1.807, 2.05) is 0 Å². The zero-order chi connectivity index (χ0) is 18.1. The van der Waals surface area contributed by atoms with Crippen LogP contribution >= 0.6 is 0 Å². The van der Waals surface area contributed by atoms with Gasteiger partial charge in [0, 0.05) is 6.54 Å². The standard InChI is InChI=1S/C18H22N4O3/c1-3-5-12-19-16-11-10-15(21-22-16)17(23)20-14-9-7-6-8-13(14)18(24)25-4-2/h6-11H,3-5,12H2,1-2H3,(H,19,22)(H,20,23). The van der Waals surface area contributed by atoms with E-state index in [-0.39, 0.29) is 12.3 Å². The minimum Gasteiger partial charge on any atom is -0.462 e. The molecule has 1 heterocycles. The molecule has 0 bridgehead atoms. The second-order valence-corrected chi connectivity index (χ2v) is 5.30. The minimum absolute atomic E-state index is 0.166. The van der Waals surface area contributed by atoms with E-state index in [2.05, 4.69) is 27.8 Å². The lowest BCUT2D eigenvalue weighted by Gasteiger charge is -2.10. The number of unbranched alkanes of at least 4 members (excludes halogenated alkanes) is 1. The number of amides is 1. The Bertz CT molecular complexity index is 717. The van der Waals surface area contributed by atoms with Crippen LogP contribution in [-0.2, 0) is 4.74 Å². The van der Waals surface area contributed by atoms with Crippen LogP contribution in [0.4, 0.5) is 11.5 Å². The van der Waals surface area contributed by atoms with E-state index >= 15 is 0 Å². The molecular formula is C18H22N4O3. The molecule has 0 saturated carbocycles. The van der Waals surface area contributed by atoms with Gasteiger partial charge >= 0.3 is 5.97 Å². The van der Waals surface area contributed by atoms with E-state index in [4.69, 9.17) is 4.74 Å². The van der Waals surface area contributed by atoms with E-state index in [0.717, 1.165) is 19.4 Å². The molecule has 0 aliphatic heterocycles. The second kappa shape index (κ2) is 9.36. The molecule has 0 saturated heterocycles. The van der Waals surface area contributed by atoms with E-state index in [9.17, 15) is 9.59 Å². The van der Waals surface area contributed by atoms with Crippen LogP contribution in [0, 0.1) is 0 Å². The van der Waals surface area contributed by atoms with Crippen LogP contribution in [0.3, 0.4) is 0 Å². The Labute approximate surface area is 146 Å². The van der Waals surface area contributed by atoms with Crippen molar-refractivity contribution >= 4 is 23.4 Å². The molecule has 0 aliphatic rings. The molecule has 2 rings (SSSR count). The maximum absolute atomic E-state index is 12.3. The van der Waals surface area contributed by atoms with Gasteiger partial charge in [-0.15, -0.1) is 10.2 Å². The Kier molecular flexibility index (Phi) is 6.88. The van der Waals surface area contributed by atoms with Crippen LogP contribution < -0.4 is 10.6 Å². The van der Waals surface area contributed by atoms with Crippen LogP contribution in [-0.4, -0.2) is 35.2 Å². The molecule has 0 spiro atoms. The molecule has 0 aliphatic carbocycles. The Morgan fingerprint density at radius 2 is 1.88 bits per heavy atom. The van der Waals surface area contributed by atoms with Crippen molar-refractivity contribution in [3.05, 3.63) is 47.7 Å². The van der Waals surface area contributed by atoms with Crippen molar-refractivity contribution < 1.29 is 14.3 Å². The first kappa shape index (κ1) is 18.4. The maximum atomic E-state index is 12.3. The van der Waals surface area contributed by atoms with Crippen LogP contribution in [0.1, 0.15) is 47.5 Å². The highest BCUT2D eigenvalue weighted by molar-refractivity contribution is 6.07. The molecule has 0 radical (unpaired) electrons. The lowest BCUT2D eigenvalue weighted by atomic mass is 10.1. The second-order valence-electron chi connectivity index (χ2n) is 5.30. The summed E-state index contributed by atoms with van der Waals surface area (Å²) in [6.45, 7) is 4.91. The lowest BCUT2D eigenvalue weighted by molar-refractivity contribution is 0.0527. The topological polar surface area (TPSA) is 93.2 Å². The number of hydrogen-bond acceptors (Lipinski definition) is 6. The highest BCUT2D eigenvalue weighted by Crippen LogP contribution is 2.17. The summed E-state index contributed by atoms with van der Waals surface area (Å²) in [6, 6.07) is 9.96. The van der Waals surface area contributed by atoms with E-state index < -0.39 is 11.9 Å². The number of aromatic nitrogens is 2. The molecule has 2 N–H and O–H groups in total. The molecule has 0 unspecified atom stereocenters. The third-order valence-electron chi connectivity index (χ3n) is 3.40. The zero-order valence-electron chi connectivity index (χ0n) is 14.4. The number of nitrogens with zero attached hydrogens (tertiary/aromatic N) is 2. The summed E-state index contributed by atoms with van der Waals surface area (Å²) in [6.07, 6.45) is 2.12. The number of carbonyl (C=O) groups excluding carboxylic acids is 2. The van der Waals surface area contributed by atoms with Crippen molar-refractivity contribution in [2.45, 2.75) is 26.7 Å². The van der Waals surface area contributed by atoms with Gasteiger partial charge in [0.1, 0.15) is 5.82 Å². The van der Waals surface area contributed by atoms with Crippen molar-refractivity contribution in [1.82, 2.24) is 10.2 Å². The van der Waals surface area contributed by atoms with Crippen molar-refractivity contribution in [2.75, 3.05) is 23.8 Å². The fraction of sp³-hybridized carbons (Fsp3) is 0.333. The number of para-hydroxylation sites is 1. The van der Waals surface area contributed by atoms with E-state index in [1.54, 1.807) is 43.3 Å². The Hall–Kier alpha value is -2.96. The first-order valence-electron chi connectivity index (χ1n) is 8.30. The number of rotatable bonds is 8. The van der Waals surface area contributed by atoms with E-state index in [1.165, 1.54) is 0 Å². The molecule has 1 aromatic heterocycles. The highest BCUT2D eigenvalue weighted by Gasteiger charge is 2.15. The number of anilines is 2. The molecular weight excluding hydrogens is 320 g/mol. The number of esters is 1. The summed E-state index contributed by atoms with van der Waals surface area (Å²) in [4.78, 5) is 24.3. The molecule has 7 nitrogen and oxygen atoms in total. The number of nitrogens with one attached hydrogen (secondary N) is 2. The molecule has 0 fully saturated rings. The average molecular weight is 342 g/mol. The SMILES string of the molecule is CCCCNc1ccc(C(=O)Nc2ccccc2C(=O)OCC)nn1. The number of benzene rings is 1. The molecule has 7 heteroatoms. The largest absolute Gasteiger partial charge is 0.462 e. The molecule has 0 atom stereocenters. The Morgan fingerprint density at radius 3 is 2.56 bits per heavy atom. The Morgan fingerprint density at radius 1 is 1.08 bits per heavy atom. The molecule has 1 amide bonds. The third-order valence-corrected chi connectivity index (χ3v) is 3.40. The van der Waals surface area contributed by atoms with Gasteiger partial charge in [-0.05, 0) is 37.6 Å². The summed E-state index contributed by atoms with van der Waals surface area (Å²) in [5.74, 6) is -0.304. The lowest BCUT2D eigenvalue weighted by Crippen LogP contribution is -2.17. The van der Waals surface area contributed by atoms with Gasteiger partial charge < -0.3 is 15.4 Å². The van der Waals surface area contributed by atoms with E-state index in [0.29, 0.717) is 17.1 Å². The highest BCUT2D eigenvalue weighted by atomic mass is 16.5. The average Bonchev–Trinajstić information content (AvgIpc) is 2.63. The summed E-state index contributed by atoms with van der Waals surface area (Å²) < 4.78 is 4.99. The van der Waals surface area contributed by atoms with Crippen molar-refractivity contribution in [1.29, 1.82) is 0 Å². The van der Waals surface area contributed by atoms with Gasteiger partial charge in [0.25, 0.3) is 5.91 Å². The van der Waals surface area contributed by atoms with Gasteiger partial charge in [0.05, 0.1) is 17.9 Å². The van der Waals surface area contributed by atoms with Crippen molar-refractivity contribution in [2.24, 2.45) is 0 Å². The van der Waals surface area contributed by atoms with Gasteiger partial charge in [0.2, 0.25) is 0 Å². The fourth-order valence-electron chi connectivity index (χ4n) is 2.11. The Balaban J connectivity index is 2.06. The number of ether oxygens (including phenoxy) is 1. The minimum atomic E-state index is -0.486.